The van der Waals surface area contributed by atoms with Crippen molar-refractivity contribution in [1.82, 2.24) is 4.98 Å². The van der Waals surface area contributed by atoms with E-state index in [9.17, 15) is 0 Å². The van der Waals surface area contributed by atoms with Crippen molar-refractivity contribution in [3.8, 4) is 17.2 Å². The van der Waals surface area contributed by atoms with Crippen LogP contribution in [-0.2, 0) is 0 Å². The van der Waals surface area contributed by atoms with Gasteiger partial charge in [0, 0.05) is 27.4 Å². The lowest BCUT2D eigenvalue weighted by atomic mass is 10.1. The van der Waals surface area contributed by atoms with Gasteiger partial charge in [-0.05, 0) is 24.3 Å². The SMILES string of the molecule is N#Cc1ccc(-c2c(Cl)cccc2Cl)cn1. The summed E-state index contributed by atoms with van der Waals surface area (Å²) in [5.41, 5.74) is 1.91. The van der Waals surface area contributed by atoms with Crippen molar-refractivity contribution in [2.24, 2.45) is 0 Å². The second-order valence-corrected chi connectivity index (χ2v) is 3.95. The van der Waals surface area contributed by atoms with Gasteiger partial charge < -0.3 is 0 Å². The second-order valence-electron chi connectivity index (χ2n) is 3.14. The summed E-state index contributed by atoms with van der Waals surface area (Å²) in [5, 5.41) is 9.78. The van der Waals surface area contributed by atoms with E-state index in [1.807, 2.05) is 6.07 Å². The first-order valence-corrected chi connectivity index (χ1v) is 5.28. The maximum absolute atomic E-state index is 8.64. The Kier molecular flexibility index (Phi) is 3.09. The van der Waals surface area contributed by atoms with Crippen LogP contribution in [0, 0.1) is 11.3 Å². The zero-order valence-electron chi connectivity index (χ0n) is 8.11. The van der Waals surface area contributed by atoms with Gasteiger partial charge in [0.1, 0.15) is 11.8 Å². The highest BCUT2D eigenvalue weighted by atomic mass is 35.5. The van der Waals surface area contributed by atoms with E-state index in [0.717, 1.165) is 11.1 Å². The summed E-state index contributed by atoms with van der Waals surface area (Å²) in [7, 11) is 0. The van der Waals surface area contributed by atoms with Crippen molar-refractivity contribution in [3.05, 3.63) is 52.3 Å². The fourth-order valence-electron chi connectivity index (χ4n) is 1.38. The first-order chi connectivity index (χ1) is 7.72. The van der Waals surface area contributed by atoms with E-state index in [-0.39, 0.29) is 0 Å². The summed E-state index contributed by atoms with van der Waals surface area (Å²) in [6.45, 7) is 0. The maximum Gasteiger partial charge on any atom is 0.140 e. The molecule has 1 aromatic heterocycles. The van der Waals surface area contributed by atoms with Gasteiger partial charge in [-0.1, -0.05) is 29.3 Å². The predicted octanol–water partition coefficient (Wildman–Crippen LogP) is 3.93. The van der Waals surface area contributed by atoms with Crippen LogP contribution in [0.5, 0.6) is 0 Å². The van der Waals surface area contributed by atoms with Crippen LogP contribution in [0.1, 0.15) is 5.69 Å². The van der Waals surface area contributed by atoms with Crippen molar-refractivity contribution in [3.63, 3.8) is 0 Å². The van der Waals surface area contributed by atoms with Crippen molar-refractivity contribution in [2.75, 3.05) is 0 Å². The maximum atomic E-state index is 8.64. The normalized spacial score (nSPS) is 9.81. The van der Waals surface area contributed by atoms with E-state index in [0.29, 0.717) is 15.7 Å². The van der Waals surface area contributed by atoms with Gasteiger partial charge in [-0.2, -0.15) is 5.26 Å². The minimum absolute atomic E-state index is 0.368. The number of rotatable bonds is 1. The molecule has 0 fully saturated rings. The lowest BCUT2D eigenvalue weighted by molar-refractivity contribution is 1.26. The summed E-state index contributed by atoms with van der Waals surface area (Å²) in [6, 6.07) is 10.7. The molecule has 4 heteroatoms. The van der Waals surface area contributed by atoms with Crippen LogP contribution in [0.15, 0.2) is 36.5 Å². The minimum Gasteiger partial charge on any atom is -0.245 e. The number of hydrogen-bond acceptors (Lipinski definition) is 2. The average molecular weight is 249 g/mol. The summed E-state index contributed by atoms with van der Waals surface area (Å²) >= 11 is 12.1. The van der Waals surface area contributed by atoms with E-state index in [4.69, 9.17) is 28.5 Å². The Labute approximate surface area is 103 Å². The molecule has 78 valence electrons. The molecule has 0 spiro atoms. The average Bonchev–Trinajstić information content (AvgIpc) is 2.30. The van der Waals surface area contributed by atoms with Crippen molar-refractivity contribution < 1.29 is 0 Å². The van der Waals surface area contributed by atoms with Gasteiger partial charge in [-0.3, -0.25) is 0 Å². The van der Waals surface area contributed by atoms with Gasteiger partial charge in [0.05, 0.1) is 0 Å². The number of hydrogen-bond donors (Lipinski definition) is 0. The highest BCUT2D eigenvalue weighted by Crippen LogP contribution is 2.33. The van der Waals surface area contributed by atoms with E-state index < -0.39 is 0 Å². The molecule has 0 unspecified atom stereocenters. The molecule has 0 bridgehead atoms. The number of nitriles is 1. The largest absolute Gasteiger partial charge is 0.245 e. The quantitative estimate of drug-likeness (QED) is 0.767. The van der Waals surface area contributed by atoms with Crippen molar-refractivity contribution in [2.45, 2.75) is 0 Å². The second kappa shape index (κ2) is 4.52. The number of aromatic nitrogens is 1. The highest BCUT2D eigenvalue weighted by molar-refractivity contribution is 6.39. The monoisotopic (exact) mass is 248 g/mol. The van der Waals surface area contributed by atoms with E-state index in [1.54, 1.807) is 36.5 Å². The molecular formula is C12H6Cl2N2. The van der Waals surface area contributed by atoms with Crippen LogP contribution < -0.4 is 0 Å². The fraction of sp³-hybridized carbons (Fsp3) is 0. The first kappa shape index (κ1) is 10.9. The molecule has 0 amide bonds. The Hall–Kier alpha value is -1.56. The van der Waals surface area contributed by atoms with Gasteiger partial charge >= 0.3 is 0 Å². The van der Waals surface area contributed by atoms with E-state index in [1.165, 1.54) is 0 Å². The Morgan fingerprint density at radius 1 is 1.06 bits per heavy atom. The standard InChI is InChI=1S/C12H6Cl2N2/c13-10-2-1-3-11(14)12(10)8-4-5-9(6-15)16-7-8/h1-5,7H. The third-order valence-corrected chi connectivity index (χ3v) is 2.76. The lowest BCUT2D eigenvalue weighted by Crippen LogP contribution is -1.85. The minimum atomic E-state index is 0.368. The third kappa shape index (κ3) is 2.01. The van der Waals surface area contributed by atoms with Crippen LogP contribution in [0.2, 0.25) is 10.0 Å². The van der Waals surface area contributed by atoms with Crippen LogP contribution >= 0.6 is 23.2 Å². The van der Waals surface area contributed by atoms with Gasteiger partial charge in [0.2, 0.25) is 0 Å². The smallest absolute Gasteiger partial charge is 0.140 e. The summed E-state index contributed by atoms with van der Waals surface area (Å²) in [4.78, 5) is 3.98. The zero-order chi connectivity index (χ0) is 11.5. The molecule has 0 aliphatic heterocycles. The Morgan fingerprint density at radius 2 is 1.75 bits per heavy atom. The number of halogens is 2. The molecule has 0 aliphatic carbocycles. The Balaban J connectivity index is 2.55. The predicted molar refractivity (Wildman–Crippen MR) is 64.4 cm³/mol. The molecular weight excluding hydrogens is 243 g/mol. The molecule has 2 nitrogen and oxygen atoms in total. The van der Waals surface area contributed by atoms with Crippen molar-refractivity contribution >= 4 is 23.2 Å². The van der Waals surface area contributed by atoms with Crippen LogP contribution in [0.3, 0.4) is 0 Å². The topological polar surface area (TPSA) is 36.7 Å². The van der Waals surface area contributed by atoms with E-state index in [2.05, 4.69) is 4.98 Å². The molecule has 0 atom stereocenters. The molecule has 2 aromatic rings. The van der Waals surface area contributed by atoms with Gasteiger partial charge in [-0.25, -0.2) is 4.98 Å². The zero-order valence-corrected chi connectivity index (χ0v) is 9.63. The Morgan fingerprint density at radius 3 is 2.25 bits per heavy atom. The Bertz CT molecular complexity index is 536. The third-order valence-electron chi connectivity index (χ3n) is 2.13. The molecule has 1 aromatic carbocycles. The van der Waals surface area contributed by atoms with Gasteiger partial charge in [-0.15, -0.1) is 0 Å². The molecule has 0 N–H and O–H groups in total. The van der Waals surface area contributed by atoms with E-state index >= 15 is 0 Å². The molecule has 0 saturated heterocycles. The summed E-state index contributed by atoms with van der Waals surface area (Å²) in [5.74, 6) is 0. The highest BCUT2D eigenvalue weighted by Gasteiger charge is 2.08. The number of benzene rings is 1. The number of pyridine rings is 1. The number of nitrogens with zero attached hydrogens (tertiary/aromatic N) is 2. The molecule has 1 heterocycles. The van der Waals surface area contributed by atoms with Crippen LogP contribution in [0.4, 0.5) is 0 Å². The van der Waals surface area contributed by atoms with Gasteiger partial charge in [0.15, 0.2) is 0 Å². The van der Waals surface area contributed by atoms with Crippen LogP contribution in [0.25, 0.3) is 11.1 Å². The molecule has 0 aliphatic rings. The first-order valence-electron chi connectivity index (χ1n) is 4.53. The van der Waals surface area contributed by atoms with Crippen LogP contribution in [-0.4, -0.2) is 4.98 Å². The van der Waals surface area contributed by atoms with Gasteiger partial charge in [0.25, 0.3) is 0 Å². The molecule has 0 saturated carbocycles. The summed E-state index contributed by atoms with van der Waals surface area (Å²) in [6.07, 6.45) is 1.59. The molecule has 0 radical (unpaired) electrons. The molecule has 16 heavy (non-hydrogen) atoms. The summed E-state index contributed by atoms with van der Waals surface area (Å²) < 4.78 is 0. The lowest BCUT2D eigenvalue weighted by Gasteiger charge is -2.06. The van der Waals surface area contributed by atoms with Crippen molar-refractivity contribution in [1.29, 1.82) is 5.26 Å². The fourth-order valence-corrected chi connectivity index (χ4v) is 2.00. The molecule has 2 rings (SSSR count).